The van der Waals surface area contributed by atoms with Crippen LogP contribution in [0.3, 0.4) is 0 Å². The van der Waals surface area contributed by atoms with Gasteiger partial charge in [-0.05, 0) is 24.3 Å². The normalized spacial score (nSPS) is 28.1. The topological polar surface area (TPSA) is 47.6 Å². The van der Waals surface area contributed by atoms with Crippen molar-refractivity contribution in [1.29, 1.82) is 0 Å². The first-order valence-corrected chi connectivity index (χ1v) is 8.30. The molecule has 2 aromatic carbocycles. The van der Waals surface area contributed by atoms with Crippen LogP contribution in [0.1, 0.15) is 29.5 Å². The molecule has 1 amide bonds. The van der Waals surface area contributed by atoms with E-state index in [2.05, 4.69) is 5.32 Å². The van der Waals surface area contributed by atoms with Crippen LogP contribution in [0.5, 0.6) is 11.5 Å². The van der Waals surface area contributed by atoms with Crippen LogP contribution in [0.15, 0.2) is 36.4 Å². The van der Waals surface area contributed by atoms with E-state index in [4.69, 9.17) is 9.47 Å². The van der Waals surface area contributed by atoms with Crippen LogP contribution in [0.2, 0.25) is 0 Å². The Hall–Kier alpha value is -2.63. The molecule has 4 nitrogen and oxygen atoms in total. The second-order valence-electron chi connectivity index (χ2n) is 6.70. The standard InChI is InChI=1S/C19H15F2NO3/c20-9-2-4-14-12(7-9)16-17(18(16)25-14)19(23)22-13-5-6-24-15-8-10(21)1-3-11(13)15/h1-4,7-8,13,16-18H,5-6H2,(H,22,23)/t13-,16?,17?,18?/m0/s1. The summed E-state index contributed by atoms with van der Waals surface area (Å²) in [6, 6.07) is 8.53. The Morgan fingerprint density at radius 3 is 2.72 bits per heavy atom. The highest BCUT2D eigenvalue weighted by Gasteiger charge is 2.62. The second-order valence-corrected chi connectivity index (χ2v) is 6.70. The molecule has 1 N–H and O–H groups in total. The molecular formula is C19H15F2NO3. The van der Waals surface area contributed by atoms with Crippen LogP contribution in [0, 0.1) is 17.6 Å². The van der Waals surface area contributed by atoms with Gasteiger partial charge in [0, 0.05) is 29.5 Å². The molecule has 1 aliphatic carbocycles. The Morgan fingerprint density at radius 2 is 1.84 bits per heavy atom. The van der Waals surface area contributed by atoms with Crippen molar-refractivity contribution in [2.45, 2.75) is 24.5 Å². The number of amides is 1. The summed E-state index contributed by atoms with van der Waals surface area (Å²) < 4.78 is 38.0. The van der Waals surface area contributed by atoms with E-state index in [-0.39, 0.29) is 41.5 Å². The van der Waals surface area contributed by atoms with Crippen molar-refractivity contribution in [2.75, 3.05) is 6.61 Å². The number of carbonyl (C=O) groups is 1. The average molecular weight is 343 g/mol. The minimum absolute atomic E-state index is 0.0850. The molecule has 0 spiro atoms. The molecule has 2 aromatic rings. The largest absolute Gasteiger partial charge is 0.493 e. The smallest absolute Gasteiger partial charge is 0.228 e. The highest BCUT2D eigenvalue weighted by molar-refractivity contribution is 5.86. The van der Waals surface area contributed by atoms with E-state index in [0.717, 1.165) is 11.1 Å². The fraction of sp³-hybridized carbons (Fsp3) is 0.316. The van der Waals surface area contributed by atoms with Crippen LogP contribution >= 0.6 is 0 Å². The van der Waals surface area contributed by atoms with Crippen molar-refractivity contribution in [3.63, 3.8) is 0 Å². The maximum atomic E-state index is 13.5. The summed E-state index contributed by atoms with van der Waals surface area (Å²) in [5.74, 6) is -0.0705. The van der Waals surface area contributed by atoms with E-state index >= 15 is 0 Å². The molecular weight excluding hydrogens is 328 g/mol. The van der Waals surface area contributed by atoms with E-state index in [9.17, 15) is 13.6 Å². The lowest BCUT2D eigenvalue weighted by Crippen LogP contribution is -2.34. The first kappa shape index (κ1) is 14.7. The number of rotatable bonds is 2. The third-order valence-corrected chi connectivity index (χ3v) is 5.18. The molecule has 25 heavy (non-hydrogen) atoms. The number of hydrogen-bond donors (Lipinski definition) is 1. The maximum absolute atomic E-state index is 13.5. The number of carbonyl (C=O) groups excluding carboxylic acids is 1. The molecule has 128 valence electrons. The van der Waals surface area contributed by atoms with Gasteiger partial charge in [0.2, 0.25) is 5.91 Å². The lowest BCUT2D eigenvalue weighted by molar-refractivity contribution is -0.124. The van der Waals surface area contributed by atoms with E-state index in [1.54, 1.807) is 12.1 Å². The third-order valence-electron chi connectivity index (χ3n) is 5.18. The molecule has 0 aromatic heterocycles. The molecule has 5 rings (SSSR count). The van der Waals surface area contributed by atoms with E-state index in [0.29, 0.717) is 24.5 Å². The zero-order chi connectivity index (χ0) is 17.1. The molecule has 4 atom stereocenters. The van der Waals surface area contributed by atoms with Gasteiger partial charge in [-0.1, -0.05) is 6.07 Å². The number of hydrogen-bond acceptors (Lipinski definition) is 3. The Morgan fingerprint density at radius 1 is 1.04 bits per heavy atom. The lowest BCUT2D eigenvalue weighted by Gasteiger charge is -2.27. The Labute approximate surface area is 142 Å². The quantitative estimate of drug-likeness (QED) is 0.912. The number of nitrogens with one attached hydrogen (secondary N) is 1. The predicted octanol–water partition coefficient (Wildman–Crippen LogP) is 3.08. The van der Waals surface area contributed by atoms with Crippen LogP contribution in [-0.4, -0.2) is 18.6 Å². The van der Waals surface area contributed by atoms with Gasteiger partial charge in [-0.2, -0.15) is 0 Å². The highest BCUT2D eigenvalue weighted by Crippen LogP contribution is 2.58. The first-order chi connectivity index (χ1) is 12.1. The number of fused-ring (bicyclic) bond motifs is 4. The zero-order valence-electron chi connectivity index (χ0n) is 13.2. The molecule has 2 aliphatic heterocycles. The minimum Gasteiger partial charge on any atom is -0.493 e. The second kappa shape index (κ2) is 5.18. The summed E-state index contributed by atoms with van der Waals surface area (Å²) in [6.45, 7) is 0.420. The van der Waals surface area contributed by atoms with Crippen molar-refractivity contribution in [3.05, 3.63) is 59.2 Å². The summed E-state index contributed by atoms with van der Waals surface area (Å²) in [5.41, 5.74) is 1.54. The average Bonchev–Trinajstić information content (AvgIpc) is 3.19. The fourth-order valence-electron chi connectivity index (χ4n) is 3.93. The van der Waals surface area contributed by atoms with Crippen molar-refractivity contribution in [2.24, 2.45) is 5.92 Å². The van der Waals surface area contributed by atoms with E-state index in [1.807, 2.05) is 0 Å². The lowest BCUT2D eigenvalue weighted by atomic mass is 10.00. The zero-order valence-corrected chi connectivity index (χ0v) is 13.2. The maximum Gasteiger partial charge on any atom is 0.228 e. The summed E-state index contributed by atoms with van der Waals surface area (Å²) in [5, 5.41) is 3.02. The van der Waals surface area contributed by atoms with Crippen molar-refractivity contribution >= 4 is 5.91 Å². The molecule has 0 radical (unpaired) electrons. The van der Waals surface area contributed by atoms with Gasteiger partial charge in [-0.15, -0.1) is 0 Å². The number of benzene rings is 2. The molecule has 3 unspecified atom stereocenters. The molecule has 1 fully saturated rings. The van der Waals surface area contributed by atoms with E-state index in [1.165, 1.54) is 24.3 Å². The molecule has 6 heteroatoms. The van der Waals surface area contributed by atoms with Crippen LogP contribution in [-0.2, 0) is 4.79 Å². The van der Waals surface area contributed by atoms with Gasteiger partial charge in [0.15, 0.2) is 0 Å². The third kappa shape index (κ3) is 2.27. The Balaban J connectivity index is 1.34. The van der Waals surface area contributed by atoms with Crippen LogP contribution in [0.4, 0.5) is 8.78 Å². The molecule has 2 heterocycles. The number of halogens is 2. The van der Waals surface area contributed by atoms with Gasteiger partial charge < -0.3 is 14.8 Å². The molecule has 3 aliphatic rings. The van der Waals surface area contributed by atoms with Gasteiger partial charge >= 0.3 is 0 Å². The summed E-state index contributed by atoms with van der Waals surface area (Å²) in [7, 11) is 0. The van der Waals surface area contributed by atoms with Gasteiger partial charge in [-0.3, -0.25) is 4.79 Å². The van der Waals surface area contributed by atoms with Crippen molar-refractivity contribution in [1.82, 2.24) is 5.32 Å². The minimum atomic E-state index is -0.366. The monoisotopic (exact) mass is 343 g/mol. The Kier molecular flexibility index (Phi) is 3.04. The van der Waals surface area contributed by atoms with Crippen LogP contribution < -0.4 is 14.8 Å². The van der Waals surface area contributed by atoms with Crippen LogP contribution in [0.25, 0.3) is 0 Å². The van der Waals surface area contributed by atoms with E-state index < -0.39 is 0 Å². The molecule has 1 saturated carbocycles. The SMILES string of the molecule is O=C(N[C@H]1CCOc2cc(F)ccc21)C1C2Oc3ccc(F)cc3C21. The van der Waals surface area contributed by atoms with Gasteiger partial charge in [0.25, 0.3) is 0 Å². The van der Waals surface area contributed by atoms with Crippen molar-refractivity contribution in [3.8, 4) is 11.5 Å². The molecule has 0 saturated heterocycles. The van der Waals surface area contributed by atoms with Gasteiger partial charge in [0.1, 0.15) is 29.2 Å². The Bertz CT molecular complexity index is 885. The summed E-state index contributed by atoms with van der Waals surface area (Å²) in [4.78, 5) is 12.7. The van der Waals surface area contributed by atoms with Gasteiger partial charge in [-0.25, -0.2) is 8.78 Å². The van der Waals surface area contributed by atoms with Crippen molar-refractivity contribution < 1.29 is 23.0 Å². The number of ether oxygens (including phenoxy) is 2. The predicted molar refractivity (Wildman–Crippen MR) is 84.4 cm³/mol. The highest BCUT2D eigenvalue weighted by atomic mass is 19.1. The molecule has 0 bridgehead atoms. The fourth-order valence-corrected chi connectivity index (χ4v) is 3.93. The summed E-state index contributed by atoms with van der Waals surface area (Å²) >= 11 is 0. The van der Waals surface area contributed by atoms with Gasteiger partial charge in [0.05, 0.1) is 18.6 Å². The summed E-state index contributed by atoms with van der Waals surface area (Å²) in [6.07, 6.45) is 0.405. The first-order valence-electron chi connectivity index (χ1n) is 8.30.